The van der Waals surface area contributed by atoms with Gasteiger partial charge in [0.1, 0.15) is 0 Å². The normalized spacial score (nSPS) is 29.8. The van der Waals surface area contributed by atoms with Gasteiger partial charge in [-0.2, -0.15) is 0 Å². The summed E-state index contributed by atoms with van der Waals surface area (Å²) in [6.07, 6.45) is 5.05. The number of allylic oxidation sites excluding steroid dienone is 2. The molecule has 0 aromatic carbocycles. The first-order valence-corrected chi connectivity index (χ1v) is 5.83. The van der Waals surface area contributed by atoms with Crippen LogP contribution in [-0.2, 0) is 0 Å². The van der Waals surface area contributed by atoms with Crippen molar-refractivity contribution in [1.82, 2.24) is 0 Å². The molecule has 0 saturated heterocycles. The van der Waals surface area contributed by atoms with Crippen LogP contribution in [0.25, 0.3) is 0 Å². The van der Waals surface area contributed by atoms with E-state index < -0.39 is 0 Å². The Balaban J connectivity index is 2.80. The van der Waals surface area contributed by atoms with Gasteiger partial charge in [-0.15, -0.1) is 0 Å². The van der Waals surface area contributed by atoms with Crippen LogP contribution in [0.1, 0.15) is 33.6 Å². The summed E-state index contributed by atoms with van der Waals surface area (Å²) in [5.74, 6) is 0.817. The fourth-order valence-corrected chi connectivity index (χ4v) is 3.82. The van der Waals surface area contributed by atoms with Gasteiger partial charge in [0.2, 0.25) is 0 Å². The van der Waals surface area contributed by atoms with Gasteiger partial charge in [-0.1, -0.05) is 48.1 Å². The maximum atomic E-state index is 2.51. The number of hydrogen-bond acceptors (Lipinski definition) is 0. The van der Waals surface area contributed by atoms with Crippen LogP contribution in [0.3, 0.4) is 0 Å². The molecule has 11 heavy (non-hydrogen) atoms. The van der Waals surface area contributed by atoms with Gasteiger partial charge < -0.3 is 0 Å². The summed E-state index contributed by atoms with van der Waals surface area (Å²) in [6, 6.07) is 0. The van der Waals surface area contributed by atoms with Gasteiger partial charge in [-0.25, -0.2) is 0 Å². The Labute approximate surface area is 83.6 Å². The number of alkyl halides is 1. The van der Waals surface area contributed by atoms with Crippen LogP contribution >= 0.6 is 22.6 Å². The first-order valence-electron chi connectivity index (χ1n) is 4.30. The molecule has 0 spiro atoms. The lowest BCUT2D eigenvalue weighted by Gasteiger charge is -2.37. The zero-order chi connectivity index (χ0) is 8.48. The smallest absolute Gasteiger partial charge is 0.00660 e. The third-order valence-corrected chi connectivity index (χ3v) is 3.78. The second kappa shape index (κ2) is 3.46. The predicted molar refractivity (Wildman–Crippen MR) is 59.1 cm³/mol. The van der Waals surface area contributed by atoms with Gasteiger partial charge >= 0.3 is 0 Å². The Hall–Kier alpha value is 0.470. The van der Waals surface area contributed by atoms with Crippen molar-refractivity contribution in [1.29, 1.82) is 0 Å². The van der Waals surface area contributed by atoms with Gasteiger partial charge in [-0.05, 0) is 31.1 Å². The molecule has 0 bridgehead atoms. The molecule has 0 nitrogen and oxygen atoms in total. The highest BCUT2D eigenvalue weighted by molar-refractivity contribution is 14.1. The third kappa shape index (κ3) is 1.98. The lowest BCUT2D eigenvalue weighted by atomic mass is 9.70. The molecular weight excluding hydrogens is 247 g/mol. The molecule has 1 aliphatic carbocycles. The molecule has 0 aromatic rings. The first-order chi connectivity index (χ1) is 5.08. The number of rotatable bonds is 1. The molecule has 1 rings (SSSR count). The molecule has 0 N–H and O–H groups in total. The zero-order valence-corrected chi connectivity index (χ0v) is 9.81. The summed E-state index contributed by atoms with van der Waals surface area (Å²) in [6.45, 7) is 7.07. The Morgan fingerprint density at radius 3 is 2.64 bits per heavy atom. The minimum Gasteiger partial charge on any atom is -0.0857 e. The molecule has 0 amide bonds. The molecule has 0 aliphatic heterocycles. The molecule has 0 heterocycles. The van der Waals surface area contributed by atoms with Crippen LogP contribution in [0.4, 0.5) is 0 Å². The second-order valence-electron chi connectivity index (χ2n) is 4.18. The van der Waals surface area contributed by atoms with E-state index in [0.29, 0.717) is 5.41 Å². The van der Waals surface area contributed by atoms with E-state index in [1.807, 2.05) is 0 Å². The van der Waals surface area contributed by atoms with Crippen LogP contribution in [0.5, 0.6) is 0 Å². The van der Waals surface area contributed by atoms with Gasteiger partial charge in [0.15, 0.2) is 0 Å². The lowest BCUT2D eigenvalue weighted by molar-refractivity contribution is 0.238. The molecule has 1 unspecified atom stereocenters. The highest BCUT2D eigenvalue weighted by Gasteiger charge is 2.31. The van der Waals surface area contributed by atoms with Gasteiger partial charge in [-0.3, -0.25) is 0 Å². The van der Waals surface area contributed by atoms with Gasteiger partial charge in [0, 0.05) is 4.43 Å². The van der Waals surface area contributed by atoms with E-state index in [1.165, 1.54) is 17.3 Å². The average Bonchev–Trinajstić information content (AvgIpc) is 1.86. The maximum Gasteiger partial charge on any atom is 0.00660 e. The average molecular weight is 264 g/mol. The monoisotopic (exact) mass is 264 g/mol. The number of halogens is 1. The second-order valence-corrected chi connectivity index (χ2v) is 5.06. The van der Waals surface area contributed by atoms with E-state index in [1.54, 1.807) is 5.57 Å². The summed E-state index contributed by atoms with van der Waals surface area (Å²) in [5, 5.41) is 0. The predicted octanol–water partition coefficient (Wildman–Crippen LogP) is 3.80. The molecule has 64 valence electrons. The van der Waals surface area contributed by atoms with Crippen LogP contribution in [0.15, 0.2) is 11.6 Å². The van der Waals surface area contributed by atoms with Crippen LogP contribution in [-0.4, -0.2) is 4.43 Å². The highest BCUT2D eigenvalue weighted by atomic mass is 127. The van der Waals surface area contributed by atoms with E-state index in [2.05, 4.69) is 49.4 Å². The first kappa shape index (κ1) is 9.56. The van der Waals surface area contributed by atoms with Crippen LogP contribution in [0, 0.1) is 11.3 Å². The maximum absolute atomic E-state index is 2.51. The Morgan fingerprint density at radius 1 is 1.64 bits per heavy atom. The van der Waals surface area contributed by atoms with Crippen molar-refractivity contribution in [3.05, 3.63) is 11.6 Å². The van der Waals surface area contributed by atoms with Crippen molar-refractivity contribution in [3.63, 3.8) is 0 Å². The summed E-state index contributed by atoms with van der Waals surface area (Å²) in [4.78, 5) is 0. The molecule has 0 radical (unpaired) electrons. The molecule has 0 fully saturated rings. The van der Waals surface area contributed by atoms with Crippen LogP contribution in [0.2, 0.25) is 0 Å². The van der Waals surface area contributed by atoms with E-state index in [9.17, 15) is 0 Å². The minimum atomic E-state index is 0.542. The fourth-order valence-electron chi connectivity index (χ4n) is 1.94. The molecule has 0 aromatic heterocycles. The third-order valence-electron chi connectivity index (χ3n) is 2.90. The minimum absolute atomic E-state index is 0.542. The van der Waals surface area contributed by atoms with Crippen LogP contribution < -0.4 is 0 Å². The largest absolute Gasteiger partial charge is 0.0857 e. The van der Waals surface area contributed by atoms with Gasteiger partial charge in [0.05, 0.1) is 0 Å². The molecule has 1 atom stereocenters. The standard InChI is InChI=1S/C10H17I/c1-8-5-4-6-10(2,3)9(8)7-11/h5,9H,4,6-7H2,1-3H3. The zero-order valence-electron chi connectivity index (χ0n) is 7.65. The molecular formula is C10H17I. The Morgan fingerprint density at radius 2 is 2.27 bits per heavy atom. The van der Waals surface area contributed by atoms with Crippen molar-refractivity contribution in [2.75, 3.05) is 4.43 Å². The summed E-state index contributed by atoms with van der Waals surface area (Å²) >= 11 is 2.51. The number of hydrogen-bond donors (Lipinski definition) is 0. The summed E-state index contributed by atoms with van der Waals surface area (Å²) in [5.41, 5.74) is 2.15. The topological polar surface area (TPSA) is 0 Å². The van der Waals surface area contributed by atoms with Crippen molar-refractivity contribution >= 4 is 22.6 Å². The SMILES string of the molecule is CC1=CCCC(C)(C)C1CI. The van der Waals surface area contributed by atoms with E-state index in [-0.39, 0.29) is 0 Å². The Kier molecular flexibility index (Phi) is 3.01. The van der Waals surface area contributed by atoms with Crippen molar-refractivity contribution in [2.24, 2.45) is 11.3 Å². The molecule has 1 aliphatic rings. The molecule has 1 heteroatoms. The highest BCUT2D eigenvalue weighted by Crippen LogP contribution is 2.41. The van der Waals surface area contributed by atoms with E-state index in [0.717, 1.165) is 5.92 Å². The lowest BCUT2D eigenvalue weighted by Crippen LogP contribution is -2.28. The van der Waals surface area contributed by atoms with Crippen molar-refractivity contribution in [3.8, 4) is 0 Å². The van der Waals surface area contributed by atoms with E-state index in [4.69, 9.17) is 0 Å². The summed E-state index contributed by atoms with van der Waals surface area (Å²) < 4.78 is 1.27. The van der Waals surface area contributed by atoms with Crippen molar-refractivity contribution < 1.29 is 0 Å². The fraction of sp³-hybridized carbons (Fsp3) is 0.800. The molecule has 0 saturated carbocycles. The summed E-state index contributed by atoms with van der Waals surface area (Å²) in [7, 11) is 0. The quantitative estimate of drug-likeness (QED) is 0.384. The Bertz CT molecular complexity index is 168. The van der Waals surface area contributed by atoms with Gasteiger partial charge in [0.25, 0.3) is 0 Å². The van der Waals surface area contributed by atoms with Crippen molar-refractivity contribution in [2.45, 2.75) is 33.6 Å². The van der Waals surface area contributed by atoms with E-state index >= 15 is 0 Å².